The number of benzene rings is 1. The Morgan fingerprint density at radius 3 is 2.44 bits per heavy atom. The standard InChI is InChI=1S/C11H17N3O3S/c1-7(2)6-14-18(16,17)10-4-3-8(11(13)15)5-9(10)12/h3-5,7,14H,6,12H2,1-2H3,(H2,13,15). The average molecular weight is 271 g/mol. The Labute approximate surface area is 106 Å². The van der Waals surface area contributed by atoms with Crippen molar-refractivity contribution in [2.45, 2.75) is 18.7 Å². The van der Waals surface area contributed by atoms with Gasteiger partial charge in [0.2, 0.25) is 15.9 Å². The van der Waals surface area contributed by atoms with E-state index in [0.717, 1.165) is 0 Å². The van der Waals surface area contributed by atoms with Gasteiger partial charge in [0.25, 0.3) is 0 Å². The van der Waals surface area contributed by atoms with Crippen molar-refractivity contribution in [3.05, 3.63) is 23.8 Å². The number of hydrogen-bond acceptors (Lipinski definition) is 4. The first kappa shape index (κ1) is 14.5. The molecule has 0 aliphatic rings. The van der Waals surface area contributed by atoms with Gasteiger partial charge in [-0.3, -0.25) is 4.79 Å². The normalized spacial score (nSPS) is 11.7. The zero-order valence-electron chi connectivity index (χ0n) is 10.3. The molecule has 0 aliphatic carbocycles. The second-order valence-electron chi connectivity index (χ2n) is 4.36. The van der Waals surface area contributed by atoms with E-state index >= 15 is 0 Å². The van der Waals surface area contributed by atoms with Crippen molar-refractivity contribution in [3.8, 4) is 0 Å². The number of carbonyl (C=O) groups is 1. The van der Waals surface area contributed by atoms with Gasteiger partial charge in [-0.05, 0) is 24.1 Å². The van der Waals surface area contributed by atoms with E-state index in [1.807, 2.05) is 13.8 Å². The van der Waals surface area contributed by atoms with Gasteiger partial charge in [-0.2, -0.15) is 0 Å². The molecule has 0 radical (unpaired) electrons. The number of sulfonamides is 1. The molecular formula is C11H17N3O3S. The third kappa shape index (κ3) is 3.44. The van der Waals surface area contributed by atoms with Gasteiger partial charge >= 0.3 is 0 Å². The van der Waals surface area contributed by atoms with Crippen LogP contribution in [-0.4, -0.2) is 20.9 Å². The van der Waals surface area contributed by atoms with Crippen LogP contribution in [0.25, 0.3) is 0 Å². The van der Waals surface area contributed by atoms with Crippen LogP contribution in [-0.2, 0) is 10.0 Å². The molecule has 5 N–H and O–H groups in total. The summed E-state index contributed by atoms with van der Waals surface area (Å²) in [5.41, 5.74) is 10.9. The zero-order chi connectivity index (χ0) is 13.9. The van der Waals surface area contributed by atoms with Gasteiger partial charge in [-0.15, -0.1) is 0 Å². The lowest BCUT2D eigenvalue weighted by atomic mass is 10.2. The van der Waals surface area contributed by atoms with Crippen molar-refractivity contribution in [2.24, 2.45) is 11.7 Å². The molecule has 0 fully saturated rings. The maximum Gasteiger partial charge on any atom is 0.248 e. The largest absolute Gasteiger partial charge is 0.398 e. The highest BCUT2D eigenvalue weighted by Gasteiger charge is 2.18. The van der Waals surface area contributed by atoms with E-state index < -0.39 is 15.9 Å². The molecule has 100 valence electrons. The average Bonchev–Trinajstić information content (AvgIpc) is 2.26. The first-order valence-corrected chi connectivity index (χ1v) is 6.91. The van der Waals surface area contributed by atoms with E-state index in [2.05, 4.69) is 4.72 Å². The fraction of sp³-hybridized carbons (Fsp3) is 0.364. The Morgan fingerprint density at radius 1 is 1.39 bits per heavy atom. The minimum atomic E-state index is -3.66. The van der Waals surface area contributed by atoms with E-state index in [4.69, 9.17) is 11.5 Å². The summed E-state index contributed by atoms with van der Waals surface area (Å²) in [7, 11) is -3.66. The lowest BCUT2D eigenvalue weighted by molar-refractivity contribution is 0.1000. The molecule has 1 aromatic rings. The Balaban J connectivity index is 3.06. The van der Waals surface area contributed by atoms with Gasteiger partial charge in [-0.25, -0.2) is 13.1 Å². The number of rotatable bonds is 5. The Hall–Kier alpha value is -1.60. The summed E-state index contributed by atoms with van der Waals surface area (Å²) in [5, 5.41) is 0. The van der Waals surface area contributed by atoms with E-state index in [0.29, 0.717) is 6.54 Å². The van der Waals surface area contributed by atoms with Crippen LogP contribution in [0, 0.1) is 5.92 Å². The van der Waals surface area contributed by atoms with Crippen LogP contribution in [0.1, 0.15) is 24.2 Å². The number of nitrogens with one attached hydrogen (secondary N) is 1. The molecule has 0 saturated heterocycles. The van der Waals surface area contributed by atoms with Crippen molar-refractivity contribution >= 4 is 21.6 Å². The highest BCUT2D eigenvalue weighted by atomic mass is 32.2. The summed E-state index contributed by atoms with van der Waals surface area (Å²) in [6, 6.07) is 3.87. The molecule has 7 heteroatoms. The monoisotopic (exact) mass is 271 g/mol. The molecule has 0 spiro atoms. The summed E-state index contributed by atoms with van der Waals surface area (Å²) in [6.07, 6.45) is 0. The highest BCUT2D eigenvalue weighted by Crippen LogP contribution is 2.19. The maximum atomic E-state index is 11.9. The topological polar surface area (TPSA) is 115 Å². The fourth-order valence-electron chi connectivity index (χ4n) is 1.30. The summed E-state index contributed by atoms with van der Waals surface area (Å²) in [6.45, 7) is 4.10. The molecule has 0 heterocycles. The van der Waals surface area contributed by atoms with Crippen molar-refractivity contribution in [1.82, 2.24) is 4.72 Å². The summed E-state index contributed by atoms with van der Waals surface area (Å²) in [4.78, 5) is 10.9. The molecule has 1 rings (SSSR count). The van der Waals surface area contributed by atoms with Gasteiger partial charge in [-0.1, -0.05) is 13.8 Å². The fourth-order valence-corrected chi connectivity index (χ4v) is 2.63. The molecule has 0 atom stereocenters. The van der Waals surface area contributed by atoms with Crippen molar-refractivity contribution in [2.75, 3.05) is 12.3 Å². The van der Waals surface area contributed by atoms with Gasteiger partial charge in [0, 0.05) is 12.1 Å². The molecule has 0 aromatic heterocycles. The van der Waals surface area contributed by atoms with Gasteiger partial charge in [0.1, 0.15) is 4.90 Å². The molecule has 0 unspecified atom stereocenters. The summed E-state index contributed by atoms with van der Waals surface area (Å²) < 4.78 is 26.3. The Kier molecular flexibility index (Phi) is 4.31. The Morgan fingerprint density at radius 2 is 2.00 bits per heavy atom. The third-order valence-corrected chi connectivity index (χ3v) is 3.76. The van der Waals surface area contributed by atoms with Gasteiger partial charge < -0.3 is 11.5 Å². The third-order valence-electron chi connectivity index (χ3n) is 2.27. The number of nitrogens with two attached hydrogens (primary N) is 2. The molecule has 1 amide bonds. The minimum Gasteiger partial charge on any atom is -0.398 e. The van der Waals surface area contributed by atoms with E-state index in [1.54, 1.807) is 0 Å². The van der Waals surface area contributed by atoms with Crippen LogP contribution in [0.5, 0.6) is 0 Å². The van der Waals surface area contributed by atoms with Crippen LogP contribution in [0.4, 0.5) is 5.69 Å². The maximum absolute atomic E-state index is 11.9. The van der Waals surface area contributed by atoms with Crippen LogP contribution < -0.4 is 16.2 Å². The predicted molar refractivity (Wildman–Crippen MR) is 69.4 cm³/mol. The molecule has 18 heavy (non-hydrogen) atoms. The van der Waals surface area contributed by atoms with Crippen molar-refractivity contribution < 1.29 is 13.2 Å². The first-order chi connectivity index (χ1) is 8.24. The van der Waals surface area contributed by atoms with Gasteiger partial charge in [0.15, 0.2) is 0 Å². The molecule has 1 aromatic carbocycles. The molecular weight excluding hydrogens is 254 g/mol. The van der Waals surface area contributed by atoms with Crippen LogP contribution in [0.3, 0.4) is 0 Å². The lowest BCUT2D eigenvalue weighted by Gasteiger charge is -2.11. The predicted octanol–water partition coefficient (Wildman–Crippen LogP) is 0.302. The number of nitrogen functional groups attached to an aromatic ring is 1. The minimum absolute atomic E-state index is 0.00237. The lowest BCUT2D eigenvalue weighted by Crippen LogP contribution is -2.28. The van der Waals surface area contributed by atoms with Crippen molar-refractivity contribution in [1.29, 1.82) is 0 Å². The van der Waals surface area contributed by atoms with Crippen LogP contribution in [0.15, 0.2) is 23.1 Å². The highest BCUT2D eigenvalue weighted by molar-refractivity contribution is 7.89. The quantitative estimate of drug-likeness (QED) is 0.668. The molecule has 6 nitrogen and oxygen atoms in total. The SMILES string of the molecule is CC(C)CNS(=O)(=O)c1ccc(C(N)=O)cc1N. The summed E-state index contributed by atoms with van der Waals surface area (Å²) in [5.74, 6) is -0.466. The second kappa shape index (κ2) is 5.36. The van der Waals surface area contributed by atoms with E-state index in [9.17, 15) is 13.2 Å². The van der Waals surface area contributed by atoms with E-state index in [1.165, 1.54) is 18.2 Å². The van der Waals surface area contributed by atoms with Crippen LogP contribution >= 0.6 is 0 Å². The molecule has 0 aliphatic heterocycles. The first-order valence-electron chi connectivity index (χ1n) is 5.43. The summed E-state index contributed by atoms with van der Waals surface area (Å²) >= 11 is 0. The number of primary amides is 1. The smallest absolute Gasteiger partial charge is 0.248 e. The number of hydrogen-bond donors (Lipinski definition) is 3. The van der Waals surface area contributed by atoms with Crippen LogP contribution in [0.2, 0.25) is 0 Å². The number of carbonyl (C=O) groups excluding carboxylic acids is 1. The number of anilines is 1. The molecule has 0 saturated carbocycles. The molecule has 0 bridgehead atoms. The van der Waals surface area contributed by atoms with Crippen molar-refractivity contribution in [3.63, 3.8) is 0 Å². The second-order valence-corrected chi connectivity index (χ2v) is 6.10. The zero-order valence-corrected chi connectivity index (χ0v) is 11.1. The van der Waals surface area contributed by atoms with Gasteiger partial charge in [0.05, 0.1) is 5.69 Å². The Bertz CT molecular complexity index is 553. The van der Waals surface area contributed by atoms with E-state index in [-0.39, 0.29) is 22.1 Å². The number of amides is 1.